The Labute approximate surface area is 509 Å². The highest BCUT2D eigenvalue weighted by Gasteiger charge is 2.19. The summed E-state index contributed by atoms with van der Waals surface area (Å²) in [5.41, 5.74) is 0. The zero-order chi connectivity index (χ0) is 59.9. The zero-order valence-corrected chi connectivity index (χ0v) is 52.9. The lowest BCUT2D eigenvalue weighted by molar-refractivity contribution is -0.167. The minimum atomic E-state index is -0.831. The van der Waals surface area contributed by atoms with Crippen LogP contribution in [0.15, 0.2) is 194 Å². The van der Waals surface area contributed by atoms with E-state index in [1.165, 1.54) is 51.4 Å². The standard InChI is InChI=1S/C77H118O6/c1-4-7-10-13-16-19-22-24-26-28-30-32-34-36-37-38-39-41-42-44-46-48-50-52-55-58-61-64-67-70-76(79)82-73-74(72-81-75(78)69-66-63-60-57-54-21-18-15-12-9-6-3)83-77(80)71-68-65-62-59-56-53-51-49-47-45-43-40-35-33-31-29-27-25-23-20-17-14-11-8-5-2/h7-8,10-11,16-17,19-20,24-27,30-33,36-37,39-41,43-44,46-47,49-50,52-53,56,58,61,74H,4-6,9,12-15,18,21-23,28-29,34-35,38,42,45,48,51,54-55,57,59-60,62-73H2,1-3H3/b10-7-,11-8-,19-16-,20-17-,26-24-,27-25-,32-30-,33-31-,37-36-,41-39-,43-40-,46-44-,49-47-,52-50-,56-53-,61-58-. The second-order valence-electron chi connectivity index (χ2n) is 20.9. The van der Waals surface area contributed by atoms with Gasteiger partial charge in [0, 0.05) is 19.3 Å². The van der Waals surface area contributed by atoms with Crippen molar-refractivity contribution in [1.82, 2.24) is 0 Å². The largest absolute Gasteiger partial charge is 0.462 e. The van der Waals surface area contributed by atoms with Gasteiger partial charge in [0.1, 0.15) is 13.2 Å². The van der Waals surface area contributed by atoms with Gasteiger partial charge < -0.3 is 14.2 Å². The molecule has 0 aliphatic rings. The summed E-state index contributed by atoms with van der Waals surface area (Å²) < 4.78 is 16.8. The summed E-state index contributed by atoms with van der Waals surface area (Å²) in [7, 11) is 0. The van der Waals surface area contributed by atoms with Crippen LogP contribution in [0.25, 0.3) is 0 Å². The van der Waals surface area contributed by atoms with Crippen molar-refractivity contribution in [3.63, 3.8) is 0 Å². The van der Waals surface area contributed by atoms with Crippen LogP contribution in [0.1, 0.15) is 252 Å². The van der Waals surface area contributed by atoms with E-state index in [4.69, 9.17) is 14.2 Å². The maximum Gasteiger partial charge on any atom is 0.306 e. The Morgan fingerprint density at radius 2 is 0.482 bits per heavy atom. The van der Waals surface area contributed by atoms with E-state index in [0.29, 0.717) is 19.3 Å². The van der Waals surface area contributed by atoms with E-state index in [1.54, 1.807) is 0 Å². The second-order valence-corrected chi connectivity index (χ2v) is 20.9. The molecule has 0 spiro atoms. The van der Waals surface area contributed by atoms with Gasteiger partial charge in [-0.3, -0.25) is 14.4 Å². The van der Waals surface area contributed by atoms with Gasteiger partial charge in [-0.15, -0.1) is 0 Å². The number of ether oxygens (including phenoxy) is 3. The zero-order valence-electron chi connectivity index (χ0n) is 52.9. The average molecular weight is 1140 g/mol. The molecule has 0 heterocycles. The van der Waals surface area contributed by atoms with Crippen LogP contribution in [0.2, 0.25) is 0 Å². The highest BCUT2D eigenvalue weighted by Crippen LogP contribution is 2.14. The van der Waals surface area contributed by atoms with Crippen molar-refractivity contribution in [3.05, 3.63) is 194 Å². The molecule has 0 aromatic rings. The van der Waals surface area contributed by atoms with E-state index in [-0.39, 0.29) is 44.0 Å². The van der Waals surface area contributed by atoms with E-state index in [0.717, 1.165) is 148 Å². The fourth-order valence-corrected chi connectivity index (χ4v) is 8.25. The molecular weight excluding hydrogens is 1020 g/mol. The van der Waals surface area contributed by atoms with E-state index >= 15 is 0 Å². The molecule has 0 aromatic carbocycles. The normalized spacial score (nSPS) is 13.4. The van der Waals surface area contributed by atoms with Crippen molar-refractivity contribution >= 4 is 17.9 Å². The number of rotatable bonds is 57. The Bertz CT molecular complexity index is 1990. The minimum absolute atomic E-state index is 0.118. The Hall–Kier alpha value is -5.75. The van der Waals surface area contributed by atoms with E-state index in [1.807, 2.05) is 0 Å². The van der Waals surface area contributed by atoms with E-state index in [9.17, 15) is 14.4 Å². The number of esters is 3. The maximum absolute atomic E-state index is 12.9. The van der Waals surface area contributed by atoms with Crippen LogP contribution in [0.4, 0.5) is 0 Å². The summed E-state index contributed by atoms with van der Waals surface area (Å²) in [6.07, 6.45) is 104. The van der Waals surface area contributed by atoms with Crippen LogP contribution in [-0.4, -0.2) is 37.2 Å². The summed E-state index contributed by atoms with van der Waals surface area (Å²) in [5.74, 6) is -1.02. The number of hydrogen-bond acceptors (Lipinski definition) is 6. The lowest BCUT2D eigenvalue weighted by Gasteiger charge is -2.18. The smallest absolute Gasteiger partial charge is 0.306 e. The second kappa shape index (κ2) is 68.7. The van der Waals surface area contributed by atoms with Gasteiger partial charge >= 0.3 is 17.9 Å². The summed E-state index contributed by atoms with van der Waals surface area (Å²) in [6, 6.07) is 0. The van der Waals surface area contributed by atoms with Crippen molar-refractivity contribution in [2.24, 2.45) is 0 Å². The van der Waals surface area contributed by atoms with Crippen molar-refractivity contribution in [2.45, 2.75) is 258 Å². The molecular formula is C77H118O6. The molecule has 0 saturated heterocycles. The fraction of sp³-hybridized carbons (Fsp3) is 0.545. The lowest BCUT2D eigenvalue weighted by Crippen LogP contribution is -2.30. The Morgan fingerprint density at radius 1 is 0.253 bits per heavy atom. The van der Waals surface area contributed by atoms with Crippen molar-refractivity contribution < 1.29 is 28.6 Å². The molecule has 0 rings (SSSR count). The summed E-state index contributed by atoms with van der Waals surface area (Å²) >= 11 is 0. The van der Waals surface area contributed by atoms with Crippen molar-refractivity contribution in [1.29, 1.82) is 0 Å². The molecule has 1 unspecified atom stereocenters. The number of hydrogen-bond donors (Lipinski definition) is 0. The average Bonchev–Trinajstić information content (AvgIpc) is 3.48. The molecule has 6 nitrogen and oxygen atoms in total. The molecule has 0 N–H and O–H groups in total. The van der Waals surface area contributed by atoms with Crippen molar-refractivity contribution in [2.75, 3.05) is 13.2 Å². The maximum atomic E-state index is 12.9. The first-order valence-corrected chi connectivity index (χ1v) is 32.9. The monoisotopic (exact) mass is 1140 g/mol. The molecule has 0 fully saturated rings. The highest BCUT2D eigenvalue weighted by atomic mass is 16.6. The van der Waals surface area contributed by atoms with Gasteiger partial charge in [-0.25, -0.2) is 0 Å². The molecule has 0 radical (unpaired) electrons. The van der Waals surface area contributed by atoms with Crippen LogP contribution >= 0.6 is 0 Å². The third-order valence-electron chi connectivity index (χ3n) is 13.1. The number of unbranched alkanes of at least 4 members (excludes halogenated alkanes) is 14. The quantitative estimate of drug-likeness (QED) is 0.0261. The van der Waals surface area contributed by atoms with Gasteiger partial charge in [0.25, 0.3) is 0 Å². The number of allylic oxidation sites excluding steroid dienone is 32. The summed E-state index contributed by atoms with van der Waals surface area (Å²) in [5, 5.41) is 0. The summed E-state index contributed by atoms with van der Waals surface area (Å²) in [6.45, 7) is 6.32. The Balaban J connectivity index is 4.50. The van der Waals surface area contributed by atoms with Crippen LogP contribution in [0.3, 0.4) is 0 Å². The Morgan fingerprint density at radius 3 is 0.783 bits per heavy atom. The SMILES string of the molecule is CC/C=C\C/C=C\C/C=C\C/C=C\C/C=C\C/C=C\C/C=C\C/C=C\C/C=C\CCCC(=O)OCC(COC(=O)CCCCCCCCCCCCC)OC(=O)CCCCC/C=C\C/C=C\C/C=C\C/C=C\C/C=C\C/C=C\C/C=C\CC. The van der Waals surface area contributed by atoms with Gasteiger partial charge in [-0.1, -0.05) is 286 Å². The topological polar surface area (TPSA) is 78.9 Å². The predicted molar refractivity (Wildman–Crippen MR) is 361 cm³/mol. The molecule has 0 aromatic heterocycles. The van der Waals surface area contributed by atoms with E-state index < -0.39 is 6.10 Å². The fourth-order valence-electron chi connectivity index (χ4n) is 8.25. The first kappa shape index (κ1) is 77.2. The molecule has 6 heteroatoms. The van der Waals surface area contributed by atoms with Crippen LogP contribution < -0.4 is 0 Å². The van der Waals surface area contributed by atoms with Gasteiger partial charge in [-0.2, -0.15) is 0 Å². The number of carbonyl (C=O) groups is 3. The van der Waals surface area contributed by atoms with Crippen LogP contribution in [0.5, 0.6) is 0 Å². The molecule has 0 aliphatic heterocycles. The molecule has 0 amide bonds. The minimum Gasteiger partial charge on any atom is -0.462 e. The molecule has 83 heavy (non-hydrogen) atoms. The first-order valence-electron chi connectivity index (χ1n) is 32.9. The third-order valence-corrected chi connectivity index (χ3v) is 13.1. The lowest BCUT2D eigenvalue weighted by atomic mass is 10.1. The van der Waals surface area contributed by atoms with Gasteiger partial charge in [0.05, 0.1) is 0 Å². The highest BCUT2D eigenvalue weighted by molar-refractivity contribution is 5.71. The van der Waals surface area contributed by atoms with Crippen LogP contribution in [-0.2, 0) is 28.6 Å². The van der Waals surface area contributed by atoms with Crippen LogP contribution in [0, 0.1) is 0 Å². The molecule has 0 aliphatic carbocycles. The molecule has 1 atom stereocenters. The summed E-state index contributed by atoms with van der Waals surface area (Å²) in [4.78, 5) is 38.3. The predicted octanol–water partition coefficient (Wildman–Crippen LogP) is 23.0. The van der Waals surface area contributed by atoms with Gasteiger partial charge in [0.15, 0.2) is 6.10 Å². The first-order chi connectivity index (χ1) is 41.0. The third kappa shape index (κ3) is 66.9. The molecule has 462 valence electrons. The molecule has 0 saturated carbocycles. The van der Waals surface area contributed by atoms with Gasteiger partial charge in [-0.05, 0) is 141 Å². The Kier molecular flexibility index (Phi) is 64.0. The number of carbonyl (C=O) groups excluding carboxylic acids is 3. The molecule has 0 bridgehead atoms. The van der Waals surface area contributed by atoms with Gasteiger partial charge in [0.2, 0.25) is 0 Å². The van der Waals surface area contributed by atoms with Crippen molar-refractivity contribution in [3.8, 4) is 0 Å². The van der Waals surface area contributed by atoms with E-state index in [2.05, 4.69) is 215 Å².